The Kier molecular flexibility index (Phi) is 7.53. The Morgan fingerprint density at radius 1 is 1.07 bits per heavy atom. The van der Waals surface area contributed by atoms with Gasteiger partial charge in [-0.3, -0.25) is 9.69 Å². The van der Waals surface area contributed by atoms with Crippen LogP contribution in [0.15, 0.2) is 48.5 Å². The third kappa shape index (κ3) is 5.51. The van der Waals surface area contributed by atoms with Crippen molar-refractivity contribution in [2.45, 2.75) is 32.9 Å². The van der Waals surface area contributed by atoms with Crippen LogP contribution in [-0.2, 0) is 17.9 Å². The van der Waals surface area contributed by atoms with Gasteiger partial charge in [0.1, 0.15) is 11.5 Å². The lowest BCUT2D eigenvalue weighted by atomic mass is 9.94. The molecule has 0 aliphatic carbocycles. The van der Waals surface area contributed by atoms with Gasteiger partial charge in [0, 0.05) is 37.2 Å². The fraction of sp³-hybridized carbons (Fsp3) is 0.458. The third-order valence-electron chi connectivity index (χ3n) is 5.73. The Morgan fingerprint density at radius 2 is 1.79 bits per heavy atom. The normalized spacial score (nSPS) is 15.1. The predicted octanol–water partition coefficient (Wildman–Crippen LogP) is 3.96. The SMILES string of the molecule is CCN(Cc1ccccc1)C(=O)C1CCN(Cc2ccc(OC)cc2OC)CC1. The Morgan fingerprint density at radius 3 is 2.41 bits per heavy atom. The fourth-order valence-electron chi connectivity index (χ4n) is 3.97. The van der Waals surface area contributed by atoms with Gasteiger partial charge in [-0.2, -0.15) is 0 Å². The maximum atomic E-state index is 13.0. The van der Waals surface area contributed by atoms with Gasteiger partial charge in [0.25, 0.3) is 0 Å². The monoisotopic (exact) mass is 396 g/mol. The van der Waals surface area contributed by atoms with Crippen LogP contribution in [0.2, 0.25) is 0 Å². The molecule has 156 valence electrons. The molecule has 0 N–H and O–H groups in total. The van der Waals surface area contributed by atoms with E-state index in [9.17, 15) is 4.79 Å². The van der Waals surface area contributed by atoms with Gasteiger partial charge < -0.3 is 14.4 Å². The van der Waals surface area contributed by atoms with Crippen LogP contribution in [0, 0.1) is 5.92 Å². The van der Waals surface area contributed by atoms with E-state index in [4.69, 9.17) is 9.47 Å². The lowest BCUT2D eigenvalue weighted by Gasteiger charge is -2.34. The first-order valence-corrected chi connectivity index (χ1v) is 10.4. The maximum absolute atomic E-state index is 13.0. The van der Waals surface area contributed by atoms with Crippen LogP contribution in [0.4, 0.5) is 0 Å². The van der Waals surface area contributed by atoms with Crippen molar-refractivity contribution in [3.63, 3.8) is 0 Å². The summed E-state index contributed by atoms with van der Waals surface area (Å²) < 4.78 is 10.8. The van der Waals surface area contributed by atoms with Crippen molar-refractivity contribution in [2.24, 2.45) is 5.92 Å². The number of benzene rings is 2. The van der Waals surface area contributed by atoms with Crippen LogP contribution in [0.3, 0.4) is 0 Å². The van der Waals surface area contributed by atoms with Gasteiger partial charge in [0.15, 0.2) is 0 Å². The standard InChI is InChI=1S/C24H32N2O3/c1-4-26(17-19-8-6-5-7-9-19)24(27)20-12-14-25(15-13-20)18-21-10-11-22(28-2)16-23(21)29-3/h5-11,16,20H,4,12-15,17-18H2,1-3H3. The molecule has 3 rings (SSSR count). The first-order chi connectivity index (χ1) is 14.1. The maximum Gasteiger partial charge on any atom is 0.226 e. The number of amides is 1. The predicted molar refractivity (Wildman–Crippen MR) is 115 cm³/mol. The van der Waals surface area contributed by atoms with E-state index in [2.05, 4.69) is 30.0 Å². The summed E-state index contributed by atoms with van der Waals surface area (Å²) in [5.74, 6) is 2.06. The van der Waals surface area contributed by atoms with Crippen LogP contribution in [0.25, 0.3) is 0 Å². The van der Waals surface area contributed by atoms with E-state index in [1.54, 1.807) is 14.2 Å². The van der Waals surface area contributed by atoms with E-state index in [1.807, 2.05) is 35.2 Å². The Balaban J connectivity index is 1.55. The Bertz CT molecular complexity index is 786. The first kappa shape index (κ1) is 21.2. The van der Waals surface area contributed by atoms with Gasteiger partial charge in [-0.25, -0.2) is 0 Å². The summed E-state index contributed by atoms with van der Waals surface area (Å²) in [5, 5.41) is 0. The molecule has 0 saturated carbocycles. The van der Waals surface area contributed by atoms with Gasteiger partial charge in [0.2, 0.25) is 5.91 Å². The van der Waals surface area contributed by atoms with E-state index < -0.39 is 0 Å². The quantitative estimate of drug-likeness (QED) is 0.677. The lowest BCUT2D eigenvalue weighted by molar-refractivity contribution is -0.137. The van der Waals surface area contributed by atoms with Crippen LogP contribution in [0.1, 0.15) is 30.9 Å². The number of likely N-dealkylation sites (tertiary alicyclic amines) is 1. The number of nitrogens with zero attached hydrogens (tertiary/aromatic N) is 2. The molecule has 0 aromatic heterocycles. The van der Waals surface area contributed by atoms with Crippen molar-refractivity contribution in [3.8, 4) is 11.5 Å². The molecule has 2 aromatic carbocycles. The highest BCUT2D eigenvalue weighted by Gasteiger charge is 2.28. The smallest absolute Gasteiger partial charge is 0.226 e. The summed E-state index contributed by atoms with van der Waals surface area (Å²) in [6.07, 6.45) is 1.81. The van der Waals surface area contributed by atoms with E-state index in [1.165, 1.54) is 5.56 Å². The van der Waals surface area contributed by atoms with E-state index in [0.29, 0.717) is 6.54 Å². The summed E-state index contributed by atoms with van der Waals surface area (Å²) >= 11 is 0. The van der Waals surface area contributed by atoms with Gasteiger partial charge >= 0.3 is 0 Å². The van der Waals surface area contributed by atoms with Crippen molar-refractivity contribution in [3.05, 3.63) is 59.7 Å². The number of hydrogen-bond donors (Lipinski definition) is 0. The Hall–Kier alpha value is -2.53. The van der Waals surface area contributed by atoms with Crippen molar-refractivity contribution in [2.75, 3.05) is 33.9 Å². The molecule has 2 aromatic rings. The minimum absolute atomic E-state index is 0.118. The third-order valence-corrected chi connectivity index (χ3v) is 5.73. The molecule has 5 nitrogen and oxygen atoms in total. The van der Waals surface area contributed by atoms with Crippen LogP contribution >= 0.6 is 0 Å². The van der Waals surface area contributed by atoms with Gasteiger partial charge in [-0.1, -0.05) is 36.4 Å². The molecule has 0 radical (unpaired) electrons. The second-order valence-electron chi connectivity index (χ2n) is 7.57. The van der Waals surface area contributed by atoms with Crippen molar-refractivity contribution < 1.29 is 14.3 Å². The number of ether oxygens (including phenoxy) is 2. The van der Waals surface area contributed by atoms with Gasteiger partial charge in [0.05, 0.1) is 14.2 Å². The molecule has 0 atom stereocenters. The summed E-state index contributed by atoms with van der Waals surface area (Å²) in [6.45, 7) is 6.18. The topological polar surface area (TPSA) is 42.0 Å². The van der Waals surface area contributed by atoms with Crippen molar-refractivity contribution in [1.82, 2.24) is 9.80 Å². The summed E-state index contributed by atoms with van der Waals surface area (Å²) in [5.41, 5.74) is 2.34. The van der Waals surface area contributed by atoms with Crippen molar-refractivity contribution in [1.29, 1.82) is 0 Å². The van der Waals surface area contributed by atoms with Gasteiger partial charge in [-0.05, 0) is 44.5 Å². The van der Waals surface area contributed by atoms with E-state index >= 15 is 0 Å². The fourth-order valence-corrected chi connectivity index (χ4v) is 3.97. The first-order valence-electron chi connectivity index (χ1n) is 10.4. The molecule has 5 heteroatoms. The van der Waals surface area contributed by atoms with Gasteiger partial charge in [-0.15, -0.1) is 0 Å². The minimum atomic E-state index is 0.118. The molecule has 1 aliphatic rings. The zero-order valence-electron chi connectivity index (χ0n) is 17.8. The molecule has 29 heavy (non-hydrogen) atoms. The molecule has 1 heterocycles. The number of carbonyl (C=O) groups is 1. The second-order valence-corrected chi connectivity index (χ2v) is 7.57. The Labute approximate surface area is 174 Å². The molecule has 1 amide bonds. The van der Waals surface area contributed by atoms with Crippen molar-refractivity contribution >= 4 is 5.91 Å². The zero-order valence-corrected chi connectivity index (χ0v) is 17.8. The van der Waals surface area contributed by atoms with Crippen LogP contribution in [-0.4, -0.2) is 49.6 Å². The van der Waals surface area contributed by atoms with Crippen LogP contribution < -0.4 is 9.47 Å². The molecular formula is C24H32N2O3. The second kappa shape index (κ2) is 10.3. The number of methoxy groups -OCH3 is 2. The molecule has 0 bridgehead atoms. The highest BCUT2D eigenvalue weighted by molar-refractivity contribution is 5.79. The molecule has 1 saturated heterocycles. The number of piperidine rings is 1. The number of rotatable bonds is 8. The van der Waals surface area contributed by atoms with Crippen LogP contribution in [0.5, 0.6) is 11.5 Å². The largest absolute Gasteiger partial charge is 0.497 e. The lowest BCUT2D eigenvalue weighted by Crippen LogP contribution is -2.42. The summed E-state index contributed by atoms with van der Waals surface area (Å²) in [7, 11) is 3.35. The molecular weight excluding hydrogens is 364 g/mol. The molecule has 1 aliphatic heterocycles. The zero-order chi connectivity index (χ0) is 20.6. The highest BCUT2D eigenvalue weighted by Crippen LogP contribution is 2.28. The molecule has 0 spiro atoms. The molecule has 1 fully saturated rings. The van der Waals surface area contributed by atoms with E-state index in [0.717, 1.165) is 56.1 Å². The average molecular weight is 397 g/mol. The highest BCUT2D eigenvalue weighted by atomic mass is 16.5. The summed E-state index contributed by atoms with van der Waals surface area (Å²) in [6, 6.07) is 16.2. The molecule has 0 unspecified atom stereocenters. The average Bonchev–Trinajstić information content (AvgIpc) is 2.78. The number of carbonyl (C=O) groups excluding carboxylic acids is 1. The minimum Gasteiger partial charge on any atom is -0.497 e. The number of hydrogen-bond acceptors (Lipinski definition) is 4. The van der Waals surface area contributed by atoms with E-state index in [-0.39, 0.29) is 11.8 Å². The summed E-state index contributed by atoms with van der Waals surface area (Å²) in [4.78, 5) is 17.4.